The summed E-state index contributed by atoms with van der Waals surface area (Å²) >= 11 is 6.17. The molecule has 5 heteroatoms. The molecule has 1 aliphatic heterocycles. The van der Waals surface area contributed by atoms with Gasteiger partial charge in [-0.15, -0.1) is 0 Å². The van der Waals surface area contributed by atoms with Crippen molar-refractivity contribution in [1.29, 1.82) is 0 Å². The predicted molar refractivity (Wildman–Crippen MR) is 109 cm³/mol. The van der Waals surface area contributed by atoms with E-state index in [0.29, 0.717) is 17.2 Å². The number of halogens is 1. The first-order valence-corrected chi connectivity index (χ1v) is 9.05. The standard InChI is InChI=1S/C22H17ClN2O2/c1-2-27-22(26)15-9-7-14(8-10-15)21-17-5-3-4-6-18(17)24-19-12-11-16(23)13-20(19)25-21/h3-13,24H,2H2,1H3. The van der Waals surface area contributed by atoms with Crippen molar-refractivity contribution in [3.63, 3.8) is 0 Å². The molecule has 4 rings (SSSR count). The van der Waals surface area contributed by atoms with E-state index in [2.05, 4.69) is 5.32 Å². The van der Waals surface area contributed by atoms with Crippen LogP contribution in [0.4, 0.5) is 17.1 Å². The molecule has 1 aliphatic rings. The highest BCUT2D eigenvalue weighted by Gasteiger charge is 2.18. The molecular weight excluding hydrogens is 360 g/mol. The number of hydrogen-bond acceptors (Lipinski definition) is 4. The Morgan fingerprint density at radius 1 is 1.04 bits per heavy atom. The summed E-state index contributed by atoms with van der Waals surface area (Å²) in [6, 6.07) is 20.9. The number of para-hydroxylation sites is 1. The minimum absolute atomic E-state index is 0.328. The van der Waals surface area contributed by atoms with Gasteiger partial charge >= 0.3 is 5.97 Å². The average molecular weight is 377 g/mol. The number of ether oxygens (including phenoxy) is 1. The van der Waals surface area contributed by atoms with Crippen molar-refractivity contribution in [1.82, 2.24) is 0 Å². The molecule has 0 radical (unpaired) electrons. The van der Waals surface area contributed by atoms with Gasteiger partial charge < -0.3 is 10.1 Å². The smallest absolute Gasteiger partial charge is 0.338 e. The molecule has 0 amide bonds. The fourth-order valence-corrected chi connectivity index (χ4v) is 3.19. The third-order valence-corrected chi connectivity index (χ3v) is 4.55. The summed E-state index contributed by atoms with van der Waals surface area (Å²) in [5.74, 6) is -0.328. The number of anilines is 2. The Kier molecular flexibility index (Phi) is 4.65. The Morgan fingerprint density at radius 2 is 1.81 bits per heavy atom. The molecule has 0 saturated carbocycles. The van der Waals surface area contributed by atoms with Gasteiger partial charge in [-0.3, -0.25) is 0 Å². The Bertz CT molecular complexity index is 1040. The molecule has 0 bridgehead atoms. The van der Waals surface area contributed by atoms with E-state index in [4.69, 9.17) is 21.3 Å². The summed E-state index contributed by atoms with van der Waals surface area (Å²) in [5, 5.41) is 4.06. The van der Waals surface area contributed by atoms with Crippen LogP contribution in [0.5, 0.6) is 0 Å². The van der Waals surface area contributed by atoms with Crippen LogP contribution in [-0.4, -0.2) is 18.3 Å². The number of aliphatic imine (C=N–C) groups is 1. The zero-order valence-electron chi connectivity index (χ0n) is 14.7. The Labute approximate surface area is 162 Å². The molecule has 0 atom stereocenters. The SMILES string of the molecule is CCOC(=O)c1ccc(C2=Nc3cc(Cl)ccc3Nc3ccccc32)cc1. The van der Waals surface area contributed by atoms with Crippen molar-refractivity contribution in [2.45, 2.75) is 6.92 Å². The Hall–Kier alpha value is -3.11. The van der Waals surface area contributed by atoms with E-state index in [1.807, 2.05) is 54.6 Å². The van der Waals surface area contributed by atoms with Crippen LogP contribution in [0.3, 0.4) is 0 Å². The molecule has 4 nitrogen and oxygen atoms in total. The second-order valence-corrected chi connectivity index (χ2v) is 6.53. The predicted octanol–water partition coefficient (Wildman–Crippen LogP) is 5.74. The van der Waals surface area contributed by atoms with Gasteiger partial charge in [0.05, 0.1) is 29.3 Å². The molecule has 0 aliphatic carbocycles. The minimum atomic E-state index is -0.328. The van der Waals surface area contributed by atoms with Crippen molar-refractivity contribution in [3.8, 4) is 0 Å². The highest BCUT2D eigenvalue weighted by molar-refractivity contribution is 6.31. The normalized spacial score (nSPS) is 12.1. The lowest BCUT2D eigenvalue weighted by Crippen LogP contribution is -2.07. The zero-order chi connectivity index (χ0) is 18.8. The maximum absolute atomic E-state index is 11.9. The lowest BCUT2D eigenvalue weighted by atomic mass is 9.99. The first-order chi connectivity index (χ1) is 13.2. The molecule has 134 valence electrons. The fraction of sp³-hybridized carbons (Fsp3) is 0.0909. The van der Waals surface area contributed by atoms with Crippen LogP contribution in [-0.2, 0) is 4.74 Å². The maximum atomic E-state index is 11.9. The van der Waals surface area contributed by atoms with Gasteiger partial charge in [0, 0.05) is 21.8 Å². The van der Waals surface area contributed by atoms with E-state index < -0.39 is 0 Å². The highest BCUT2D eigenvalue weighted by Crippen LogP contribution is 2.37. The van der Waals surface area contributed by atoms with E-state index in [1.54, 1.807) is 19.1 Å². The number of carbonyl (C=O) groups is 1. The molecule has 3 aromatic rings. The quantitative estimate of drug-likeness (QED) is 0.463. The van der Waals surface area contributed by atoms with E-state index in [-0.39, 0.29) is 5.97 Å². The molecule has 27 heavy (non-hydrogen) atoms. The molecule has 0 spiro atoms. The molecule has 0 aromatic heterocycles. The van der Waals surface area contributed by atoms with Gasteiger partial charge in [-0.2, -0.15) is 0 Å². The van der Waals surface area contributed by atoms with E-state index in [9.17, 15) is 4.79 Å². The topological polar surface area (TPSA) is 50.7 Å². The Balaban J connectivity index is 1.83. The number of esters is 1. The number of hydrogen-bond donors (Lipinski definition) is 1. The fourth-order valence-electron chi connectivity index (χ4n) is 3.03. The van der Waals surface area contributed by atoms with Crippen molar-refractivity contribution < 1.29 is 9.53 Å². The Morgan fingerprint density at radius 3 is 2.59 bits per heavy atom. The largest absolute Gasteiger partial charge is 0.462 e. The van der Waals surface area contributed by atoms with Crippen molar-refractivity contribution in [3.05, 3.63) is 88.4 Å². The monoisotopic (exact) mass is 376 g/mol. The van der Waals surface area contributed by atoms with Crippen LogP contribution in [0.15, 0.2) is 71.7 Å². The van der Waals surface area contributed by atoms with Crippen LogP contribution >= 0.6 is 11.6 Å². The lowest BCUT2D eigenvalue weighted by Gasteiger charge is -2.11. The lowest BCUT2D eigenvalue weighted by molar-refractivity contribution is 0.0526. The van der Waals surface area contributed by atoms with Gasteiger partial charge in [-0.05, 0) is 43.3 Å². The first kappa shape index (κ1) is 17.3. The van der Waals surface area contributed by atoms with Crippen LogP contribution in [0.25, 0.3) is 0 Å². The van der Waals surface area contributed by atoms with Gasteiger partial charge in [0.25, 0.3) is 0 Å². The van der Waals surface area contributed by atoms with Crippen LogP contribution < -0.4 is 5.32 Å². The maximum Gasteiger partial charge on any atom is 0.338 e. The third-order valence-electron chi connectivity index (χ3n) is 4.31. The van der Waals surface area contributed by atoms with Crippen LogP contribution in [0.2, 0.25) is 5.02 Å². The van der Waals surface area contributed by atoms with Gasteiger partial charge in [0.15, 0.2) is 0 Å². The number of benzene rings is 3. The molecule has 0 fully saturated rings. The number of rotatable bonds is 3. The second-order valence-electron chi connectivity index (χ2n) is 6.09. The summed E-state index contributed by atoms with van der Waals surface area (Å²) in [6.45, 7) is 2.14. The van der Waals surface area contributed by atoms with Crippen molar-refractivity contribution in [2.24, 2.45) is 4.99 Å². The minimum Gasteiger partial charge on any atom is -0.462 e. The average Bonchev–Trinajstić information content (AvgIpc) is 2.85. The molecular formula is C22H17ClN2O2. The van der Waals surface area contributed by atoms with Gasteiger partial charge in [0.2, 0.25) is 0 Å². The van der Waals surface area contributed by atoms with Crippen molar-refractivity contribution >= 4 is 40.3 Å². The van der Waals surface area contributed by atoms with E-state index in [0.717, 1.165) is 33.9 Å². The molecule has 3 aromatic carbocycles. The molecule has 0 saturated heterocycles. The second kappa shape index (κ2) is 7.25. The van der Waals surface area contributed by atoms with Gasteiger partial charge in [-0.1, -0.05) is 41.9 Å². The van der Waals surface area contributed by atoms with Crippen LogP contribution in [0.1, 0.15) is 28.4 Å². The van der Waals surface area contributed by atoms with E-state index in [1.165, 1.54) is 0 Å². The van der Waals surface area contributed by atoms with Crippen LogP contribution in [0, 0.1) is 0 Å². The molecule has 0 unspecified atom stereocenters. The number of nitrogens with zero attached hydrogens (tertiary/aromatic N) is 1. The number of carbonyl (C=O) groups excluding carboxylic acids is 1. The number of nitrogens with one attached hydrogen (secondary N) is 1. The first-order valence-electron chi connectivity index (χ1n) is 8.68. The van der Waals surface area contributed by atoms with E-state index >= 15 is 0 Å². The van der Waals surface area contributed by atoms with Gasteiger partial charge in [-0.25, -0.2) is 9.79 Å². The molecule has 1 N–H and O–H groups in total. The summed E-state index contributed by atoms with van der Waals surface area (Å²) < 4.78 is 5.06. The van der Waals surface area contributed by atoms with Crippen molar-refractivity contribution in [2.75, 3.05) is 11.9 Å². The van der Waals surface area contributed by atoms with Gasteiger partial charge in [0.1, 0.15) is 0 Å². The zero-order valence-corrected chi connectivity index (χ0v) is 15.5. The number of fused-ring (bicyclic) bond motifs is 2. The third kappa shape index (κ3) is 3.44. The highest BCUT2D eigenvalue weighted by atomic mass is 35.5. The molecule has 1 heterocycles. The summed E-state index contributed by atoms with van der Waals surface area (Å²) in [7, 11) is 0. The summed E-state index contributed by atoms with van der Waals surface area (Å²) in [6.07, 6.45) is 0. The summed E-state index contributed by atoms with van der Waals surface area (Å²) in [4.78, 5) is 16.8. The summed E-state index contributed by atoms with van der Waals surface area (Å²) in [5.41, 5.74) is 5.85.